The molecule has 34 heavy (non-hydrogen) atoms. The van der Waals surface area contributed by atoms with Crippen LogP contribution in [0.4, 0.5) is 4.39 Å². The van der Waals surface area contributed by atoms with Gasteiger partial charge in [0, 0.05) is 46.9 Å². The molecular weight excluding hydrogens is 479 g/mol. The number of carboxylic acid groups (broad SMARTS) is 1. The first-order valence-corrected chi connectivity index (χ1v) is 13.3. The van der Waals surface area contributed by atoms with Gasteiger partial charge >= 0.3 is 5.97 Å². The molecule has 8 nitrogen and oxygen atoms in total. The standard InChI is InChI=1S/C23H29FN4O4S2/c1-11-19-18(12(2)29)22(30)28(19)20(23(31)32)21(11)34-15-6-14(25-8-15)7-16-9-27-13(3)26(5-4-24)10-17(27)33-16/h9-12,14-15,18-19,25,29H,4-8H2,1-3H3/p+1/t11-,12-,14+,15+,18-,19-/m1/s1. The fourth-order valence-corrected chi connectivity index (χ4v) is 8.36. The molecule has 3 N–H and O–H groups in total. The van der Waals surface area contributed by atoms with Crippen LogP contribution in [-0.2, 0) is 22.6 Å². The quantitative estimate of drug-likeness (QED) is 0.370. The number of nitrogens with zero attached hydrogens (tertiary/aromatic N) is 3. The number of halogens is 1. The number of hydrogen-bond donors (Lipinski definition) is 3. The Morgan fingerprint density at radius 3 is 2.88 bits per heavy atom. The minimum absolute atomic E-state index is 0.0957. The summed E-state index contributed by atoms with van der Waals surface area (Å²) in [6.45, 7) is 6.31. The lowest BCUT2D eigenvalue weighted by molar-refractivity contribution is -0.701. The number of thioether (sulfide) groups is 1. The summed E-state index contributed by atoms with van der Waals surface area (Å²) in [4.78, 5) is 29.1. The first-order valence-electron chi connectivity index (χ1n) is 11.7. The monoisotopic (exact) mass is 509 g/mol. The molecule has 184 valence electrons. The van der Waals surface area contributed by atoms with Gasteiger partial charge in [0.05, 0.1) is 18.1 Å². The zero-order chi connectivity index (χ0) is 24.3. The van der Waals surface area contributed by atoms with E-state index < -0.39 is 18.0 Å². The fourth-order valence-electron chi connectivity index (χ4n) is 5.66. The van der Waals surface area contributed by atoms with Crippen molar-refractivity contribution in [2.45, 2.75) is 63.6 Å². The number of hydrogen-bond acceptors (Lipinski definition) is 6. The van der Waals surface area contributed by atoms with Gasteiger partial charge < -0.3 is 20.4 Å². The Kier molecular flexibility index (Phi) is 6.24. The molecule has 2 saturated heterocycles. The van der Waals surface area contributed by atoms with Crippen LogP contribution in [0.2, 0.25) is 0 Å². The number of aliphatic hydroxyl groups is 1. The number of aliphatic carboxylic acids is 1. The third kappa shape index (κ3) is 3.77. The number of fused-ring (bicyclic) bond motifs is 2. The van der Waals surface area contributed by atoms with Crippen LogP contribution in [0.3, 0.4) is 0 Å². The maximum absolute atomic E-state index is 12.7. The average molecular weight is 510 g/mol. The van der Waals surface area contributed by atoms with Gasteiger partial charge in [-0.05, 0) is 13.3 Å². The van der Waals surface area contributed by atoms with Gasteiger partial charge in [-0.2, -0.15) is 4.40 Å². The van der Waals surface area contributed by atoms with Gasteiger partial charge in [-0.3, -0.25) is 4.79 Å². The zero-order valence-electron chi connectivity index (χ0n) is 19.4. The maximum Gasteiger partial charge on any atom is 0.353 e. The SMILES string of the molecule is Cc1n2cc(C[C@@H]3C[C@H](SC4=C(C(=O)O)N5C(=O)[C@H]([C@@H](C)O)[C@H]5[C@H]4C)CN3)sc2c[n+]1CCF. The fraction of sp³-hybridized carbons (Fsp3) is 0.609. The highest BCUT2D eigenvalue weighted by Crippen LogP contribution is 2.51. The van der Waals surface area contributed by atoms with E-state index >= 15 is 0 Å². The van der Waals surface area contributed by atoms with Crippen molar-refractivity contribution in [2.24, 2.45) is 11.8 Å². The topological polar surface area (TPSA) is 98.2 Å². The van der Waals surface area contributed by atoms with E-state index in [2.05, 4.69) is 15.9 Å². The second-order valence-electron chi connectivity index (χ2n) is 9.52. The van der Waals surface area contributed by atoms with Crippen LogP contribution in [0, 0.1) is 18.8 Å². The summed E-state index contributed by atoms with van der Waals surface area (Å²) in [6.07, 6.45) is 5.11. The largest absolute Gasteiger partial charge is 0.477 e. The molecule has 2 fully saturated rings. The van der Waals surface area contributed by atoms with Crippen molar-refractivity contribution in [3.63, 3.8) is 0 Å². The molecule has 0 bridgehead atoms. The molecule has 0 radical (unpaired) electrons. The van der Waals surface area contributed by atoms with Crippen LogP contribution in [-0.4, -0.2) is 68.0 Å². The Bertz CT molecular complexity index is 1180. The maximum atomic E-state index is 12.7. The number of alkyl halides is 1. The summed E-state index contributed by atoms with van der Waals surface area (Å²) in [5, 5.41) is 23.7. The number of rotatable bonds is 8. The van der Waals surface area contributed by atoms with Crippen LogP contribution in [0.25, 0.3) is 4.83 Å². The van der Waals surface area contributed by atoms with Gasteiger partial charge in [-0.15, -0.1) is 11.8 Å². The van der Waals surface area contributed by atoms with Crippen LogP contribution < -0.4 is 9.88 Å². The third-order valence-corrected chi connectivity index (χ3v) is 9.89. The molecule has 11 heteroatoms. The first-order chi connectivity index (χ1) is 16.2. The zero-order valence-corrected chi connectivity index (χ0v) is 21.0. The Morgan fingerprint density at radius 2 is 2.24 bits per heavy atom. The number of β-lactam (4-membered cyclic amide) rings is 1. The van der Waals surface area contributed by atoms with Crippen LogP contribution in [0.1, 0.15) is 31.0 Å². The van der Waals surface area contributed by atoms with E-state index in [4.69, 9.17) is 0 Å². The van der Waals surface area contributed by atoms with Gasteiger partial charge in [-0.1, -0.05) is 18.3 Å². The Balaban J connectivity index is 1.26. The van der Waals surface area contributed by atoms with Crippen molar-refractivity contribution in [2.75, 3.05) is 13.2 Å². The predicted molar refractivity (Wildman–Crippen MR) is 127 cm³/mol. The highest BCUT2D eigenvalue weighted by Gasteiger charge is 2.60. The summed E-state index contributed by atoms with van der Waals surface area (Å²) in [5.41, 5.74) is 0.0957. The van der Waals surface area contributed by atoms with Crippen molar-refractivity contribution < 1.29 is 28.8 Å². The summed E-state index contributed by atoms with van der Waals surface area (Å²) in [6, 6.07) is 0.0121. The van der Waals surface area contributed by atoms with E-state index in [1.165, 1.54) is 9.78 Å². The Morgan fingerprint density at radius 1 is 1.47 bits per heavy atom. The molecular formula is C23H30FN4O4S2+. The normalized spacial score (nSPS) is 29.7. The number of nitrogens with one attached hydrogen (secondary N) is 1. The van der Waals surface area contributed by atoms with Crippen molar-refractivity contribution in [1.82, 2.24) is 14.6 Å². The number of aromatic nitrogens is 2. The second kappa shape index (κ2) is 8.92. The van der Waals surface area contributed by atoms with Crippen molar-refractivity contribution in [1.29, 1.82) is 0 Å². The van der Waals surface area contributed by atoms with E-state index in [1.54, 1.807) is 30.0 Å². The van der Waals surface area contributed by atoms with E-state index in [9.17, 15) is 24.2 Å². The van der Waals surface area contributed by atoms with Gasteiger partial charge in [-0.25, -0.2) is 13.8 Å². The van der Waals surface area contributed by atoms with Crippen LogP contribution in [0.15, 0.2) is 23.0 Å². The van der Waals surface area contributed by atoms with Gasteiger partial charge in [0.2, 0.25) is 10.7 Å². The number of carbonyl (C=O) groups excluding carboxylic acids is 1. The van der Waals surface area contributed by atoms with Crippen LogP contribution in [0.5, 0.6) is 0 Å². The van der Waals surface area contributed by atoms with Crippen molar-refractivity contribution >= 4 is 39.8 Å². The predicted octanol–water partition coefficient (Wildman–Crippen LogP) is 1.73. The number of aliphatic hydroxyl groups excluding tert-OH is 1. The molecule has 2 aromatic heterocycles. The average Bonchev–Trinajstić information content (AvgIpc) is 3.49. The summed E-state index contributed by atoms with van der Waals surface area (Å²) in [7, 11) is 0. The van der Waals surface area contributed by atoms with Gasteiger partial charge in [0.15, 0.2) is 0 Å². The minimum Gasteiger partial charge on any atom is -0.477 e. The number of carbonyl (C=O) groups is 2. The Labute approximate surface area is 205 Å². The molecule has 3 aliphatic heterocycles. The Hall–Kier alpha value is -1.95. The lowest BCUT2D eigenvalue weighted by atomic mass is 9.79. The lowest BCUT2D eigenvalue weighted by Crippen LogP contribution is -2.63. The van der Waals surface area contributed by atoms with E-state index in [0.29, 0.717) is 6.54 Å². The minimum atomic E-state index is -1.08. The lowest BCUT2D eigenvalue weighted by Gasteiger charge is -2.46. The first kappa shape index (κ1) is 23.8. The summed E-state index contributed by atoms with van der Waals surface area (Å²) >= 11 is 3.29. The van der Waals surface area contributed by atoms with E-state index in [-0.39, 0.29) is 41.5 Å². The molecule has 0 aromatic carbocycles. The molecule has 3 aliphatic rings. The van der Waals surface area contributed by atoms with E-state index in [0.717, 1.165) is 34.9 Å². The number of thiazole rings is 1. The molecule has 0 unspecified atom stereocenters. The molecule has 0 spiro atoms. The molecule has 0 saturated carbocycles. The van der Waals surface area contributed by atoms with Gasteiger partial charge in [0.25, 0.3) is 5.82 Å². The van der Waals surface area contributed by atoms with Crippen molar-refractivity contribution in [3.8, 4) is 0 Å². The second-order valence-corrected chi connectivity index (χ2v) is 12.0. The molecule has 2 aromatic rings. The molecule has 5 heterocycles. The number of carboxylic acids is 1. The molecule has 0 aliphatic carbocycles. The van der Waals surface area contributed by atoms with Crippen molar-refractivity contribution in [3.05, 3.63) is 33.7 Å². The summed E-state index contributed by atoms with van der Waals surface area (Å²) in [5.74, 6) is -0.995. The van der Waals surface area contributed by atoms with Crippen LogP contribution >= 0.6 is 23.1 Å². The number of imidazole rings is 1. The van der Waals surface area contributed by atoms with Gasteiger partial charge in [0.1, 0.15) is 31.3 Å². The molecule has 1 amide bonds. The third-order valence-electron chi connectivity index (χ3n) is 7.34. The number of aryl methyl sites for hydroxylation is 2. The number of amides is 1. The molecule has 6 atom stereocenters. The smallest absolute Gasteiger partial charge is 0.353 e. The highest BCUT2D eigenvalue weighted by atomic mass is 32.2. The molecule has 5 rings (SSSR count). The van der Waals surface area contributed by atoms with E-state index in [1.807, 2.05) is 24.6 Å². The summed E-state index contributed by atoms with van der Waals surface area (Å²) < 4.78 is 16.8. The highest BCUT2D eigenvalue weighted by molar-refractivity contribution is 8.03.